The average Bonchev–Trinajstić information content (AvgIpc) is 3.14. The number of rotatable bonds is 5. The largest absolute Gasteiger partial charge is 0.482 e. The Morgan fingerprint density at radius 2 is 2.16 bits per heavy atom. The van der Waals surface area contributed by atoms with Crippen LogP contribution in [0.15, 0.2) is 35.4 Å². The van der Waals surface area contributed by atoms with Gasteiger partial charge in [-0.1, -0.05) is 6.07 Å². The third-order valence-electron chi connectivity index (χ3n) is 3.48. The molecule has 2 aromatic rings. The van der Waals surface area contributed by atoms with Gasteiger partial charge in [-0.3, -0.25) is 4.79 Å². The van der Waals surface area contributed by atoms with E-state index in [1.807, 2.05) is 24.4 Å². The number of esters is 1. The molecule has 0 saturated carbocycles. The standard InChI is InChI=1S/C19H18O5S/c1-11(2)23-17(20)10-22-13-7-12(3)18-15(8-13)24-16(19(18)21)9-14-5-4-6-25-14/h4-9,11H,10H2,1-3H3/b16-9-. The molecule has 0 amide bonds. The first kappa shape index (κ1) is 17.2. The summed E-state index contributed by atoms with van der Waals surface area (Å²) in [5.41, 5.74) is 1.27. The highest BCUT2D eigenvalue weighted by molar-refractivity contribution is 7.10. The normalized spacial score (nSPS) is 14.6. The number of ether oxygens (including phenoxy) is 3. The fourth-order valence-electron chi connectivity index (χ4n) is 2.50. The molecule has 0 fully saturated rings. The van der Waals surface area contributed by atoms with E-state index in [0.29, 0.717) is 17.1 Å². The zero-order chi connectivity index (χ0) is 18.0. The van der Waals surface area contributed by atoms with Crippen molar-refractivity contribution in [2.24, 2.45) is 0 Å². The van der Waals surface area contributed by atoms with Crippen molar-refractivity contribution in [1.82, 2.24) is 0 Å². The van der Waals surface area contributed by atoms with Crippen LogP contribution in [0.2, 0.25) is 0 Å². The Kier molecular flexibility index (Phi) is 4.90. The van der Waals surface area contributed by atoms with Crippen LogP contribution in [0.3, 0.4) is 0 Å². The highest BCUT2D eigenvalue weighted by Crippen LogP contribution is 2.37. The van der Waals surface area contributed by atoms with Gasteiger partial charge in [-0.15, -0.1) is 11.3 Å². The molecule has 1 aliphatic heterocycles. The van der Waals surface area contributed by atoms with Gasteiger partial charge in [0.25, 0.3) is 0 Å². The Morgan fingerprint density at radius 1 is 1.36 bits per heavy atom. The summed E-state index contributed by atoms with van der Waals surface area (Å²) in [6, 6.07) is 7.17. The Bertz CT molecular complexity index is 834. The van der Waals surface area contributed by atoms with E-state index >= 15 is 0 Å². The molecule has 0 aliphatic carbocycles. The highest BCUT2D eigenvalue weighted by Gasteiger charge is 2.30. The summed E-state index contributed by atoms with van der Waals surface area (Å²) < 4.78 is 16.2. The van der Waals surface area contributed by atoms with Crippen molar-refractivity contribution in [3.8, 4) is 11.5 Å². The van der Waals surface area contributed by atoms with Gasteiger partial charge in [0, 0.05) is 17.0 Å². The van der Waals surface area contributed by atoms with Gasteiger partial charge in [0.1, 0.15) is 11.5 Å². The third kappa shape index (κ3) is 3.91. The highest BCUT2D eigenvalue weighted by atomic mass is 32.1. The van der Waals surface area contributed by atoms with Crippen LogP contribution in [0.25, 0.3) is 6.08 Å². The molecule has 5 nitrogen and oxygen atoms in total. The quantitative estimate of drug-likeness (QED) is 0.597. The summed E-state index contributed by atoms with van der Waals surface area (Å²) in [5, 5.41) is 1.94. The van der Waals surface area contributed by atoms with Crippen molar-refractivity contribution in [2.75, 3.05) is 6.61 Å². The molecule has 1 aromatic carbocycles. The van der Waals surface area contributed by atoms with E-state index in [4.69, 9.17) is 14.2 Å². The first-order valence-corrected chi connectivity index (χ1v) is 8.76. The maximum Gasteiger partial charge on any atom is 0.344 e. The van der Waals surface area contributed by atoms with E-state index in [2.05, 4.69) is 0 Å². The van der Waals surface area contributed by atoms with E-state index in [9.17, 15) is 9.59 Å². The molecule has 0 N–H and O–H groups in total. The molecule has 0 saturated heterocycles. The van der Waals surface area contributed by atoms with Crippen LogP contribution in [-0.4, -0.2) is 24.5 Å². The fraction of sp³-hybridized carbons (Fsp3) is 0.263. The summed E-state index contributed by atoms with van der Waals surface area (Å²) in [5.74, 6) is 0.606. The lowest BCUT2D eigenvalue weighted by molar-refractivity contribution is -0.149. The molecule has 0 atom stereocenters. The molecule has 1 aromatic heterocycles. The van der Waals surface area contributed by atoms with Gasteiger partial charge in [0.15, 0.2) is 12.4 Å². The van der Waals surface area contributed by atoms with Crippen molar-refractivity contribution >= 4 is 29.2 Å². The van der Waals surface area contributed by atoms with E-state index in [0.717, 1.165) is 10.4 Å². The van der Waals surface area contributed by atoms with Crippen LogP contribution in [0, 0.1) is 6.92 Å². The molecule has 2 heterocycles. The minimum absolute atomic E-state index is 0.147. The zero-order valence-electron chi connectivity index (χ0n) is 14.2. The molecule has 0 spiro atoms. The Balaban J connectivity index is 1.78. The summed E-state index contributed by atoms with van der Waals surface area (Å²) in [4.78, 5) is 25.1. The molecular weight excluding hydrogens is 340 g/mol. The number of hydrogen-bond acceptors (Lipinski definition) is 6. The molecular formula is C19H18O5S. The van der Waals surface area contributed by atoms with Gasteiger partial charge in [-0.2, -0.15) is 0 Å². The van der Waals surface area contributed by atoms with Crippen LogP contribution in [-0.2, 0) is 9.53 Å². The van der Waals surface area contributed by atoms with E-state index < -0.39 is 5.97 Å². The minimum Gasteiger partial charge on any atom is -0.482 e. The molecule has 6 heteroatoms. The number of carbonyl (C=O) groups excluding carboxylic acids is 2. The predicted octanol–water partition coefficient (Wildman–Crippen LogP) is 4.00. The topological polar surface area (TPSA) is 61.8 Å². The number of carbonyl (C=O) groups is 2. The smallest absolute Gasteiger partial charge is 0.344 e. The maximum absolute atomic E-state index is 12.5. The molecule has 1 aliphatic rings. The second-order valence-electron chi connectivity index (χ2n) is 5.90. The van der Waals surface area contributed by atoms with Crippen LogP contribution < -0.4 is 9.47 Å². The zero-order valence-corrected chi connectivity index (χ0v) is 15.0. The summed E-state index contributed by atoms with van der Waals surface area (Å²) >= 11 is 1.53. The molecule has 0 bridgehead atoms. The Hall–Kier alpha value is -2.60. The Morgan fingerprint density at radius 3 is 2.84 bits per heavy atom. The lowest BCUT2D eigenvalue weighted by atomic mass is 10.0. The third-order valence-corrected chi connectivity index (χ3v) is 4.30. The lowest BCUT2D eigenvalue weighted by Gasteiger charge is -2.10. The van der Waals surface area contributed by atoms with Crippen LogP contribution in [0.4, 0.5) is 0 Å². The van der Waals surface area contributed by atoms with Gasteiger partial charge in [0.2, 0.25) is 5.78 Å². The van der Waals surface area contributed by atoms with Gasteiger partial charge >= 0.3 is 5.97 Å². The van der Waals surface area contributed by atoms with E-state index in [1.165, 1.54) is 11.3 Å². The average molecular weight is 358 g/mol. The molecule has 25 heavy (non-hydrogen) atoms. The number of aryl methyl sites for hydroxylation is 1. The number of benzene rings is 1. The maximum atomic E-state index is 12.5. The van der Waals surface area contributed by atoms with Crippen molar-refractivity contribution in [3.05, 3.63) is 51.4 Å². The summed E-state index contributed by atoms with van der Waals surface area (Å²) in [6.45, 7) is 5.17. The first-order chi connectivity index (χ1) is 11.9. The van der Waals surface area contributed by atoms with Crippen molar-refractivity contribution in [1.29, 1.82) is 0 Å². The summed E-state index contributed by atoms with van der Waals surface area (Å²) in [6.07, 6.45) is 1.54. The number of hydrogen-bond donors (Lipinski definition) is 0. The number of allylic oxidation sites excluding steroid dienone is 1. The number of fused-ring (bicyclic) bond motifs is 1. The molecule has 3 rings (SSSR count). The van der Waals surface area contributed by atoms with Gasteiger partial charge in [0.05, 0.1) is 11.7 Å². The van der Waals surface area contributed by atoms with E-state index in [1.54, 1.807) is 32.1 Å². The van der Waals surface area contributed by atoms with Crippen LogP contribution in [0.1, 0.15) is 34.6 Å². The van der Waals surface area contributed by atoms with Crippen molar-refractivity contribution in [2.45, 2.75) is 26.9 Å². The first-order valence-electron chi connectivity index (χ1n) is 7.88. The molecule has 0 radical (unpaired) electrons. The number of Topliss-reactive ketones (excluding diaryl/α,β-unsaturated/α-hetero) is 1. The monoisotopic (exact) mass is 358 g/mol. The Labute approximate surface area is 149 Å². The minimum atomic E-state index is -0.441. The molecule has 130 valence electrons. The SMILES string of the molecule is Cc1cc(OCC(=O)OC(C)C)cc2c1C(=O)/C(=C/c1cccs1)O2. The number of thiophene rings is 1. The van der Waals surface area contributed by atoms with Crippen molar-refractivity contribution < 1.29 is 23.8 Å². The van der Waals surface area contributed by atoms with Gasteiger partial charge in [-0.25, -0.2) is 4.79 Å². The second kappa shape index (κ2) is 7.11. The lowest BCUT2D eigenvalue weighted by Crippen LogP contribution is -2.18. The van der Waals surface area contributed by atoms with Gasteiger partial charge in [-0.05, 0) is 43.8 Å². The van der Waals surface area contributed by atoms with E-state index in [-0.39, 0.29) is 24.3 Å². The second-order valence-corrected chi connectivity index (χ2v) is 6.88. The fourth-order valence-corrected chi connectivity index (χ4v) is 3.15. The van der Waals surface area contributed by atoms with Crippen LogP contribution in [0.5, 0.6) is 11.5 Å². The predicted molar refractivity (Wildman–Crippen MR) is 95.2 cm³/mol. The number of ketones is 1. The van der Waals surface area contributed by atoms with Gasteiger partial charge < -0.3 is 14.2 Å². The van der Waals surface area contributed by atoms with Crippen molar-refractivity contribution in [3.63, 3.8) is 0 Å². The molecule has 0 unspecified atom stereocenters. The summed E-state index contributed by atoms with van der Waals surface area (Å²) in [7, 11) is 0. The van der Waals surface area contributed by atoms with Crippen LogP contribution >= 0.6 is 11.3 Å².